The maximum absolute atomic E-state index is 12.2. The molecule has 4 atom stereocenters. The molecule has 1 amide bonds. The van der Waals surface area contributed by atoms with Gasteiger partial charge < -0.3 is 20.8 Å². The number of carboxylic acid groups (broad SMARTS) is 1. The lowest BCUT2D eigenvalue weighted by molar-refractivity contribution is -0.144. The first-order valence-electron chi connectivity index (χ1n) is 7.23. The number of aliphatic hydroxyl groups is 1. The van der Waals surface area contributed by atoms with Gasteiger partial charge in [-0.25, -0.2) is 0 Å². The molecular weight excluding hydrogens is 259 g/mol. The van der Waals surface area contributed by atoms with E-state index in [1.54, 1.807) is 13.8 Å². The van der Waals surface area contributed by atoms with Gasteiger partial charge in [0.1, 0.15) is 13.4 Å². The van der Waals surface area contributed by atoms with Crippen molar-refractivity contribution in [2.24, 2.45) is 17.6 Å². The fraction of sp³-hybridized carbons (Fsp3) is 0.846. The largest absolute Gasteiger partial charge is 0.480 e. The van der Waals surface area contributed by atoms with E-state index in [4.69, 9.17) is 5.73 Å². The van der Waals surface area contributed by atoms with Gasteiger partial charge in [0.2, 0.25) is 5.91 Å². The maximum atomic E-state index is 12.2. The third-order valence-electron chi connectivity index (χ3n) is 4.35. The van der Waals surface area contributed by atoms with Crippen LogP contribution >= 0.6 is 0 Å². The molecule has 1 heterocycles. The highest BCUT2D eigenvalue weighted by Crippen LogP contribution is 2.31. The standard InChI is InChI=1S/C13H25BN2O4/c1-8(9(2)17)11(18)16-6-10(4-3-5-14)13(15,7-16)12(19)20/h8-10,17H,3-7,14-15H2,1-2H3,(H,19,20)/t8-,9+,10-,13-/m0/s1. The number of hydrogen-bond donors (Lipinski definition) is 3. The second-order valence-electron chi connectivity index (χ2n) is 5.93. The van der Waals surface area contributed by atoms with Gasteiger partial charge in [0.25, 0.3) is 0 Å². The summed E-state index contributed by atoms with van der Waals surface area (Å²) in [6, 6.07) is 0. The number of amides is 1. The molecule has 0 unspecified atom stereocenters. The number of aliphatic hydroxyl groups excluding tert-OH is 1. The Bertz CT molecular complexity index is 377. The molecule has 7 heteroatoms. The summed E-state index contributed by atoms with van der Waals surface area (Å²) in [4.78, 5) is 25.2. The smallest absolute Gasteiger partial charge is 0.325 e. The van der Waals surface area contributed by atoms with Gasteiger partial charge in [-0.3, -0.25) is 9.59 Å². The van der Waals surface area contributed by atoms with Gasteiger partial charge in [-0.05, 0) is 13.3 Å². The number of carbonyl (C=O) groups is 2. The van der Waals surface area contributed by atoms with Crippen molar-refractivity contribution in [2.45, 2.75) is 44.7 Å². The lowest BCUT2D eigenvalue weighted by Gasteiger charge is -2.25. The predicted molar refractivity (Wildman–Crippen MR) is 78.1 cm³/mol. The lowest BCUT2D eigenvalue weighted by Crippen LogP contribution is -2.55. The number of nitrogens with zero attached hydrogens (tertiary/aromatic N) is 1. The summed E-state index contributed by atoms with van der Waals surface area (Å²) in [6.45, 7) is 3.58. The van der Waals surface area contributed by atoms with E-state index in [2.05, 4.69) is 0 Å². The zero-order chi connectivity index (χ0) is 15.5. The minimum Gasteiger partial charge on any atom is -0.480 e. The van der Waals surface area contributed by atoms with Gasteiger partial charge in [0, 0.05) is 19.0 Å². The van der Waals surface area contributed by atoms with Gasteiger partial charge in [-0.1, -0.05) is 19.7 Å². The molecule has 0 spiro atoms. The molecule has 0 aliphatic carbocycles. The van der Waals surface area contributed by atoms with Crippen molar-refractivity contribution in [3.8, 4) is 0 Å². The fourth-order valence-electron chi connectivity index (χ4n) is 2.64. The van der Waals surface area contributed by atoms with Gasteiger partial charge in [-0.2, -0.15) is 0 Å². The van der Waals surface area contributed by atoms with Gasteiger partial charge >= 0.3 is 5.97 Å². The van der Waals surface area contributed by atoms with Crippen molar-refractivity contribution in [3.05, 3.63) is 0 Å². The van der Waals surface area contributed by atoms with E-state index < -0.39 is 23.5 Å². The SMILES string of the molecule is BCCC[C@H]1CN(C(=O)[C@@H](C)[C@@H](C)O)C[C@@]1(N)C(=O)O. The van der Waals surface area contributed by atoms with Crippen molar-refractivity contribution in [1.29, 1.82) is 0 Å². The van der Waals surface area contributed by atoms with Crippen LogP contribution in [0.3, 0.4) is 0 Å². The normalized spacial score (nSPS) is 29.2. The molecule has 1 fully saturated rings. The highest BCUT2D eigenvalue weighted by atomic mass is 16.4. The van der Waals surface area contributed by atoms with Crippen molar-refractivity contribution >= 4 is 19.7 Å². The Morgan fingerprint density at radius 1 is 1.50 bits per heavy atom. The monoisotopic (exact) mass is 284 g/mol. The predicted octanol–water partition coefficient (Wildman–Crippen LogP) is -0.925. The molecule has 0 aromatic rings. The van der Waals surface area contributed by atoms with Crippen LogP contribution in [-0.4, -0.2) is 59.6 Å². The van der Waals surface area contributed by atoms with Crippen molar-refractivity contribution < 1.29 is 19.8 Å². The number of likely N-dealkylation sites (tertiary alicyclic amines) is 1. The molecule has 0 saturated carbocycles. The van der Waals surface area contributed by atoms with E-state index in [-0.39, 0.29) is 18.4 Å². The van der Waals surface area contributed by atoms with Crippen molar-refractivity contribution in [3.63, 3.8) is 0 Å². The average Bonchev–Trinajstić information content (AvgIpc) is 2.73. The van der Waals surface area contributed by atoms with Crippen LogP contribution in [0.5, 0.6) is 0 Å². The summed E-state index contributed by atoms with van der Waals surface area (Å²) in [6.07, 6.45) is 1.80. The van der Waals surface area contributed by atoms with Crippen LogP contribution in [-0.2, 0) is 9.59 Å². The van der Waals surface area contributed by atoms with Crippen LogP contribution < -0.4 is 5.73 Å². The van der Waals surface area contributed by atoms with Crippen LogP contribution in [0, 0.1) is 11.8 Å². The zero-order valence-corrected chi connectivity index (χ0v) is 12.5. The second kappa shape index (κ2) is 6.58. The summed E-state index contributed by atoms with van der Waals surface area (Å²) in [7, 11) is 2.03. The average molecular weight is 284 g/mol. The van der Waals surface area contributed by atoms with Gasteiger partial charge in [0.15, 0.2) is 0 Å². The molecule has 0 aromatic carbocycles. The molecule has 1 saturated heterocycles. The lowest BCUT2D eigenvalue weighted by atomic mass is 9.83. The first-order chi connectivity index (χ1) is 9.24. The summed E-state index contributed by atoms with van der Waals surface area (Å²) < 4.78 is 0. The minimum absolute atomic E-state index is 0.0204. The Labute approximate surface area is 120 Å². The Kier molecular flexibility index (Phi) is 5.59. The topological polar surface area (TPSA) is 104 Å². The van der Waals surface area contributed by atoms with E-state index in [1.807, 2.05) is 7.85 Å². The highest BCUT2D eigenvalue weighted by molar-refractivity contribution is 6.08. The molecule has 20 heavy (non-hydrogen) atoms. The van der Waals surface area contributed by atoms with E-state index >= 15 is 0 Å². The van der Waals surface area contributed by atoms with Crippen LogP contribution in [0.4, 0.5) is 0 Å². The quantitative estimate of drug-likeness (QED) is 0.547. The van der Waals surface area contributed by atoms with Crippen LogP contribution in [0.15, 0.2) is 0 Å². The number of carbonyl (C=O) groups excluding carboxylic acids is 1. The summed E-state index contributed by atoms with van der Waals surface area (Å²) in [5, 5.41) is 18.9. The van der Waals surface area contributed by atoms with Crippen LogP contribution in [0.1, 0.15) is 26.7 Å². The molecule has 0 radical (unpaired) electrons. The molecular formula is C13H25BN2O4. The first kappa shape index (κ1) is 17.0. The third-order valence-corrected chi connectivity index (χ3v) is 4.35. The molecule has 0 aromatic heterocycles. The molecule has 0 bridgehead atoms. The third kappa shape index (κ3) is 3.33. The summed E-state index contributed by atoms with van der Waals surface area (Å²) in [5.41, 5.74) is 4.66. The number of aliphatic carboxylic acids is 1. The molecule has 1 aliphatic heterocycles. The van der Waals surface area contributed by atoms with Gasteiger partial charge in [-0.15, -0.1) is 0 Å². The van der Waals surface area contributed by atoms with Crippen molar-refractivity contribution in [1.82, 2.24) is 4.90 Å². The van der Waals surface area contributed by atoms with E-state index in [9.17, 15) is 19.8 Å². The molecule has 4 N–H and O–H groups in total. The molecule has 1 rings (SSSR count). The molecule has 1 aliphatic rings. The second-order valence-corrected chi connectivity index (χ2v) is 5.93. The summed E-state index contributed by atoms with van der Waals surface area (Å²) >= 11 is 0. The number of nitrogens with two attached hydrogens (primary N) is 1. The first-order valence-corrected chi connectivity index (χ1v) is 7.23. The Balaban J connectivity index is 2.84. The van der Waals surface area contributed by atoms with E-state index in [0.29, 0.717) is 13.0 Å². The number of rotatable bonds is 6. The van der Waals surface area contributed by atoms with Gasteiger partial charge in [0.05, 0.1) is 12.0 Å². The Morgan fingerprint density at radius 3 is 2.55 bits per heavy atom. The Hall–Kier alpha value is -1.08. The molecule has 6 nitrogen and oxygen atoms in total. The summed E-state index contributed by atoms with van der Waals surface area (Å²) in [5.74, 6) is -2.06. The highest BCUT2D eigenvalue weighted by Gasteiger charge is 2.50. The maximum Gasteiger partial charge on any atom is 0.325 e. The minimum atomic E-state index is -1.37. The van der Waals surface area contributed by atoms with E-state index in [0.717, 1.165) is 12.7 Å². The van der Waals surface area contributed by atoms with Crippen LogP contribution in [0.25, 0.3) is 0 Å². The van der Waals surface area contributed by atoms with Crippen LogP contribution in [0.2, 0.25) is 6.32 Å². The molecule has 114 valence electrons. The van der Waals surface area contributed by atoms with Crippen molar-refractivity contribution in [2.75, 3.05) is 13.1 Å². The fourth-order valence-corrected chi connectivity index (χ4v) is 2.64. The number of carboxylic acids is 1. The Morgan fingerprint density at radius 2 is 2.10 bits per heavy atom. The number of hydrogen-bond acceptors (Lipinski definition) is 4. The van der Waals surface area contributed by atoms with E-state index in [1.165, 1.54) is 4.90 Å². The zero-order valence-electron chi connectivity index (χ0n) is 12.5.